The van der Waals surface area contributed by atoms with Crippen molar-refractivity contribution in [2.24, 2.45) is 0 Å². The van der Waals surface area contributed by atoms with Gasteiger partial charge in [-0.3, -0.25) is 0 Å². The highest BCUT2D eigenvalue weighted by Crippen LogP contribution is 2.41. The number of ether oxygens (including phenoxy) is 2. The minimum Gasteiger partial charge on any atom is -0.496 e. The van der Waals surface area contributed by atoms with Gasteiger partial charge in [0.15, 0.2) is 0 Å². The Morgan fingerprint density at radius 2 is 1.50 bits per heavy atom. The number of hydrogen-bond acceptors (Lipinski definition) is 2. The van der Waals surface area contributed by atoms with Crippen molar-refractivity contribution in [3.05, 3.63) is 56.5 Å². The first-order valence-corrected chi connectivity index (χ1v) is 8.38. The lowest BCUT2D eigenvalue weighted by Crippen LogP contribution is -1.99. The summed E-state index contributed by atoms with van der Waals surface area (Å²) in [6.07, 6.45) is 0. The molecule has 5 heteroatoms. The summed E-state index contributed by atoms with van der Waals surface area (Å²) in [6.45, 7) is 0. The van der Waals surface area contributed by atoms with Crippen LogP contribution in [0.1, 0.15) is 16.0 Å². The molecular formula is C15H13Br3O2. The average Bonchev–Trinajstić information content (AvgIpc) is 2.47. The van der Waals surface area contributed by atoms with Gasteiger partial charge in [-0.15, -0.1) is 0 Å². The molecule has 0 spiro atoms. The van der Waals surface area contributed by atoms with Crippen LogP contribution >= 0.6 is 47.8 Å². The quantitative estimate of drug-likeness (QED) is 0.539. The van der Waals surface area contributed by atoms with Gasteiger partial charge in [-0.2, -0.15) is 0 Å². The van der Waals surface area contributed by atoms with Gasteiger partial charge in [-0.25, -0.2) is 0 Å². The molecule has 1 atom stereocenters. The SMILES string of the molecule is COc1cc(C(Br)c2ccc(Br)cc2)c(OC)cc1Br. The van der Waals surface area contributed by atoms with Gasteiger partial charge in [0.05, 0.1) is 23.5 Å². The van der Waals surface area contributed by atoms with E-state index >= 15 is 0 Å². The van der Waals surface area contributed by atoms with E-state index in [2.05, 4.69) is 59.9 Å². The second-order valence-electron chi connectivity index (χ2n) is 4.14. The maximum absolute atomic E-state index is 5.47. The molecule has 0 saturated carbocycles. The maximum atomic E-state index is 5.47. The standard InChI is InChI=1S/C15H13Br3O2/c1-19-13-8-12(17)14(20-2)7-11(13)15(18)9-3-5-10(16)6-4-9/h3-8,15H,1-2H3. The molecule has 0 aliphatic carbocycles. The van der Waals surface area contributed by atoms with Crippen molar-refractivity contribution < 1.29 is 9.47 Å². The normalized spacial score (nSPS) is 12.1. The molecule has 2 rings (SSSR count). The monoisotopic (exact) mass is 462 g/mol. The molecule has 0 aliphatic heterocycles. The molecule has 0 saturated heterocycles. The lowest BCUT2D eigenvalue weighted by molar-refractivity contribution is 0.397. The van der Waals surface area contributed by atoms with Crippen LogP contribution < -0.4 is 9.47 Å². The molecule has 0 fully saturated rings. The van der Waals surface area contributed by atoms with Crippen LogP contribution in [0.15, 0.2) is 45.3 Å². The van der Waals surface area contributed by atoms with Crippen molar-refractivity contribution in [2.75, 3.05) is 14.2 Å². The third-order valence-electron chi connectivity index (χ3n) is 2.94. The molecular weight excluding hydrogens is 452 g/mol. The summed E-state index contributed by atoms with van der Waals surface area (Å²) in [5.41, 5.74) is 2.17. The van der Waals surface area contributed by atoms with E-state index < -0.39 is 0 Å². The minimum absolute atomic E-state index is 0.0348. The van der Waals surface area contributed by atoms with Crippen molar-refractivity contribution in [1.29, 1.82) is 0 Å². The van der Waals surface area contributed by atoms with E-state index in [4.69, 9.17) is 9.47 Å². The minimum atomic E-state index is 0.0348. The zero-order valence-corrected chi connectivity index (χ0v) is 15.7. The Hall–Kier alpha value is -0.520. The van der Waals surface area contributed by atoms with Crippen molar-refractivity contribution in [1.82, 2.24) is 0 Å². The molecule has 0 amide bonds. The van der Waals surface area contributed by atoms with Crippen LogP contribution in [-0.2, 0) is 0 Å². The van der Waals surface area contributed by atoms with Gasteiger partial charge in [0.2, 0.25) is 0 Å². The largest absolute Gasteiger partial charge is 0.496 e. The predicted octanol–water partition coefficient (Wildman–Crippen LogP) is 5.71. The van der Waals surface area contributed by atoms with E-state index in [1.807, 2.05) is 24.3 Å². The predicted molar refractivity (Wildman–Crippen MR) is 92.2 cm³/mol. The Labute approximate surface area is 143 Å². The van der Waals surface area contributed by atoms with Gasteiger partial charge in [-0.05, 0) is 45.8 Å². The highest BCUT2D eigenvalue weighted by molar-refractivity contribution is 9.11. The summed E-state index contributed by atoms with van der Waals surface area (Å²) in [5, 5.41) is 0. The van der Waals surface area contributed by atoms with Gasteiger partial charge in [0, 0.05) is 10.0 Å². The average molecular weight is 465 g/mol. The molecule has 0 aliphatic rings. The molecule has 0 N–H and O–H groups in total. The summed E-state index contributed by atoms with van der Waals surface area (Å²) in [7, 11) is 3.32. The second-order valence-corrected chi connectivity index (χ2v) is 6.83. The van der Waals surface area contributed by atoms with Gasteiger partial charge < -0.3 is 9.47 Å². The Morgan fingerprint density at radius 3 is 2.05 bits per heavy atom. The fourth-order valence-corrected chi connectivity index (χ4v) is 3.31. The Morgan fingerprint density at radius 1 is 0.900 bits per heavy atom. The van der Waals surface area contributed by atoms with E-state index in [0.29, 0.717) is 0 Å². The third-order valence-corrected chi connectivity index (χ3v) is 5.11. The molecule has 2 aromatic carbocycles. The summed E-state index contributed by atoms with van der Waals surface area (Å²) in [4.78, 5) is 0.0348. The third kappa shape index (κ3) is 3.38. The van der Waals surface area contributed by atoms with Crippen LogP contribution in [0.25, 0.3) is 0 Å². The van der Waals surface area contributed by atoms with Crippen LogP contribution in [0.4, 0.5) is 0 Å². The molecule has 1 unspecified atom stereocenters. The Balaban J connectivity index is 2.47. The molecule has 2 aromatic rings. The fraction of sp³-hybridized carbons (Fsp3) is 0.200. The number of methoxy groups -OCH3 is 2. The zero-order chi connectivity index (χ0) is 14.7. The van der Waals surface area contributed by atoms with E-state index in [1.165, 1.54) is 0 Å². The summed E-state index contributed by atoms with van der Waals surface area (Å²) in [5.74, 6) is 1.59. The summed E-state index contributed by atoms with van der Waals surface area (Å²) < 4.78 is 12.8. The van der Waals surface area contributed by atoms with Gasteiger partial charge in [0.1, 0.15) is 11.5 Å². The molecule has 20 heavy (non-hydrogen) atoms. The van der Waals surface area contributed by atoms with Gasteiger partial charge >= 0.3 is 0 Å². The fourth-order valence-electron chi connectivity index (χ4n) is 1.89. The smallest absolute Gasteiger partial charge is 0.133 e. The van der Waals surface area contributed by atoms with E-state index in [1.54, 1.807) is 14.2 Å². The molecule has 2 nitrogen and oxygen atoms in total. The van der Waals surface area contributed by atoms with Crippen molar-refractivity contribution >= 4 is 47.8 Å². The maximum Gasteiger partial charge on any atom is 0.133 e. The zero-order valence-electron chi connectivity index (χ0n) is 11.0. The lowest BCUT2D eigenvalue weighted by atomic mass is 10.0. The number of rotatable bonds is 4. The lowest BCUT2D eigenvalue weighted by Gasteiger charge is -2.17. The molecule has 0 bridgehead atoms. The van der Waals surface area contributed by atoms with Crippen LogP contribution in [0.5, 0.6) is 11.5 Å². The van der Waals surface area contributed by atoms with Crippen LogP contribution in [-0.4, -0.2) is 14.2 Å². The van der Waals surface area contributed by atoms with Crippen LogP contribution in [0, 0.1) is 0 Å². The van der Waals surface area contributed by atoms with E-state index in [-0.39, 0.29) is 4.83 Å². The number of hydrogen-bond donors (Lipinski definition) is 0. The molecule has 0 aromatic heterocycles. The van der Waals surface area contributed by atoms with Crippen molar-refractivity contribution in [3.63, 3.8) is 0 Å². The highest BCUT2D eigenvalue weighted by atomic mass is 79.9. The summed E-state index contributed by atoms with van der Waals surface area (Å²) >= 11 is 10.6. The number of benzene rings is 2. The van der Waals surface area contributed by atoms with Crippen molar-refractivity contribution in [3.8, 4) is 11.5 Å². The molecule has 106 valence electrons. The van der Waals surface area contributed by atoms with Gasteiger partial charge in [-0.1, -0.05) is 44.0 Å². The summed E-state index contributed by atoms with van der Waals surface area (Å²) in [6, 6.07) is 12.1. The van der Waals surface area contributed by atoms with Crippen LogP contribution in [0.2, 0.25) is 0 Å². The number of alkyl halides is 1. The Kier molecular flexibility index (Phi) is 5.52. The molecule has 0 heterocycles. The first-order valence-electron chi connectivity index (χ1n) is 5.87. The van der Waals surface area contributed by atoms with E-state index in [0.717, 1.165) is 31.6 Å². The van der Waals surface area contributed by atoms with E-state index in [9.17, 15) is 0 Å². The first kappa shape index (κ1) is 15.9. The van der Waals surface area contributed by atoms with Crippen molar-refractivity contribution in [2.45, 2.75) is 4.83 Å². The molecule has 0 radical (unpaired) electrons. The highest BCUT2D eigenvalue weighted by Gasteiger charge is 2.18. The van der Waals surface area contributed by atoms with Crippen LogP contribution in [0.3, 0.4) is 0 Å². The number of halogens is 3. The topological polar surface area (TPSA) is 18.5 Å². The first-order chi connectivity index (χ1) is 9.56. The van der Waals surface area contributed by atoms with Gasteiger partial charge in [0.25, 0.3) is 0 Å². The second kappa shape index (κ2) is 6.96. The Bertz CT molecular complexity index is 597.